The fourth-order valence-corrected chi connectivity index (χ4v) is 2.35. The van der Waals surface area contributed by atoms with Crippen molar-refractivity contribution in [3.8, 4) is 5.75 Å². The van der Waals surface area contributed by atoms with Gasteiger partial charge in [-0.3, -0.25) is 0 Å². The lowest BCUT2D eigenvalue weighted by atomic mass is 10.0. The smallest absolute Gasteiger partial charge is 0.117 e. The summed E-state index contributed by atoms with van der Waals surface area (Å²) in [6.45, 7) is 2.92. The molecule has 3 nitrogen and oxygen atoms in total. The summed E-state index contributed by atoms with van der Waals surface area (Å²) < 4.78 is 0. The second-order valence-electron chi connectivity index (χ2n) is 4.54. The van der Waals surface area contributed by atoms with Crippen molar-refractivity contribution in [2.75, 3.05) is 24.5 Å². The van der Waals surface area contributed by atoms with Crippen LogP contribution in [-0.4, -0.2) is 24.7 Å². The summed E-state index contributed by atoms with van der Waals surface area (Å²) in [5, 5.41) is 9.47. The third kappa shape index (κ3) is 2.67. The molecule has 0 saturated carbocycles. The number of rotatable bonds is 2. The van der Waals surface area contributed by atoms with Crippen molar-refractivity contribution in [3.05, 3.63) is 24.3 Å². The lowest BCUT2D eigenvalue weighted by Gasteiger charge is -2.22. The minimum atomic E-state index is 0.345. The Hall–Kier alpha value is -1.22. The van der Waals surface area contributed by atoms with Gasteiger partial charge >= 0.3 is 0 Å². The van der Waals surface area contributed by atoms with E-state index in [2.05, 4.69) is 11.0 Å². The van der Waals surface area contributed by atoms with Crippen LogP contribution in [0, 0.1) is 5.92 Å². The van der Waals surface area contributed by atoms with Gasteiger partial charge in [0, 0.05) is 24.8 Å². The maximum absolute atomic E-state index is 9.47. The predicted molar refractivity (Wildman–Crippen MR) is 66.7 cm³/mol. The number of aromatic hydroxyl groups is 1. The van der Waals surface area contributed by atoms with Gasteiger partial charge < -0.3 is 15.7 Å². The van der Waals surface area contributed by atoms with E-state index in [-0.39, 0.29) is 0 Å². The van der Waals surface area contributed by atoms with Crippen LogP contribution >= 0.6 is 0 Å². The van der Waals surface area contributed by atoms with Gasteiger partial charge in [-0.2, -0.15) is 0 Å². The SMILES string of the molecule is NCC1CCCN(c2cccc(O)c2)CC1. The summed E-state index contributed by atoms with van der Waals surface area (Å²) in [7, 11) is 0. The zero-order valence-corrected chi connectivity index (χ0v) is 9.60. The van der Waals surface area contributed by atoms with Crippen molar-refractivity contribution in [1.29, 1.82) is 0 Å². The zero-order chi connectivity index (χ0) is 11.4. The highest BCUT2D eigenvalue weighted by atomic mass is 16.3. The first-order valence-electron chi connectivity index (χ1n) is 6.03. The van der Waals surface area contributed by atoms with Crippen LogP contribution in [0.25, 0.3) is 0 Å². The molecule has 0 bridgehead atoms. The number of phenolic OH excluding ortho intramolecular Hbond substituents is 1. The van der Waals surface area contributed by atoms with E-state index in [0.717, 1.165) is 31.7 Å². The van der Waals surface area contributed by atoms with Gasteiger partial charge in [0.25, 0.3) is 0 Å². The highest BCUT2D eigenvalue weighted by molar-refractivity contribution is 5.50. The Kier molecular flexibility index (Phi) is 3.67. The molecule has 1 saturated heterocycles. The maximum atomic E-state index is 9.47. The maximum Gasteiger partial charge on any atom is 0.117 e. The predicted octanol–water partition coefficient (Wildman–Crippen LogP) is 1.96. The third-order valence-electron chi connectivity index (χ3n) is 3.38. The first-order chi connectivity index (χ1) is 7.79. The standard InChI is InChI=1S/C13H20N2O/c14-10-11-3-2-7-15(8-6-11)12-4-1-5-13(16)9-12/h1,4-5,9,11,16H,2-3,6-8,10,14H2. The molecule has 0 aliphatic carbocycles. The molecular weight excluding hydrogens is 200 g/mol. The van der Waals surface area contributed by atoms with Crippen LogP contribution in [0.1, 0.15) is 19.3 Å². The Morgan fingerprint density at radius 1 is 1.31 bits per heavy atom. The molecule has 1 atom stereocenters. The van der Waals surface area contributed by atoms with E-state index in [9.17, 15) is 5.11 Å². The van der Waals surface area contributed by atoms with Gasteiger partial charge in [-0.15, -0.1) is 0 Å². The number of nitrogens with zero attached hydrogens (tertiary/aromatic N) is 1. The van der Waals surface area contributed by atoms with Gasteiger partial charge in [-0.25, -0.2) is 0 Å². The monoisotopic (exact) mass is 220 g/mol. The van der Waals surface area contributed by atoms with Crippen molar-refractivity contribution in [2.45, 2.75) is 19.3 Å². The molecule has 1 aliphatic heterocycles. The summed E-state index contributed by atoms with van der Waals surface area (Å²) in [4.78, 5) is 2.34. The van der Waals surface area contributed by atoms with Crippen LogP contribution in [0.2, 0.25) is 0 Å². The summed E-state index contributed by atoms with van der Waals surface area (Å²) in [5.74, 6) is 1.01. The molecule has 3 N–H and O–H groups in total. The van der Waals surface area contributed by atoms with E-state index in [0.29, 0.717) is 11.7 Å². The summed E-state index contributed by atoms with van der Waals surface area (Å²) >= 11 is 0. The Bertz CT molecular complexity index is 340. The third-order valence-corrected chi connectivity index (χ3v) is 3.38. The highest BCUT2D eigenvalue weighted by Crippen LogP contribution is 2.24. The number of benzene rings is 1. The van der Waals surface area contributed by atoms with Gasteiger partial charge in [-0.05, 0) is 43.9 Å². The van der Waals surface area contributed by atoms with E-state index in [1.54, 1.807) is 6.07 Å². The first kappa shape index (κ1) is 11.3. The molecule has 2 rings (SSSR count). The van der Waals surface area contributed by atoms with E-state index >= 15 is 0 Å². The van der Waals surface area contributed by atoms with Crippen molar-refractivity contribution >= 4 is 5.69 Å². The summed E-state index contributed by atoms with van der Waals surface area (Å²) in [6, 6.07) is 7.51. The van der Waals surface area contributed by atoms with Crippen LogP contribution in [0.4, 0.5) is 5.69 Å². The van der Waals surface area contributed by atoms with Crippen LogP contribution in [0.15, 0.2) is 24.3 Å². The van der Waals surface area contributed by atoms with E-state index < -0.39 is 0 Å². The first-order valence-corrected chi connectivity index (χ1v) is 6.03. The van der Waals surface area contributed by atoms with Crippen LogP contribution < -0.4 is 10.6 Å². The lowest BCUT2D eigenvalue weighted by Crippen LogP contribution is -2.24. The van der Waals surface area contributed by atoms with Crippen LogP contribution in [0.3, 0.4) is 0 Å². The number of phenols is 1. The second kappa shape index (κ2) is 5.21. The lowest BCUT2D eigenvalue weighted by molar-refractivity contribution is 0.475. The molecule has 3 heteroatoms. The topological polar surface area (TPSA) is 49.5 Å². The molecule has 88 valence electrons. The molecule has 0 amide bonds. The molecule has 16 heavy (non-hydrogen) atoms. The van der Waals surface area contributed by atoms with Gasteiger partial charge in [0.05, 0.1) is 0 Å². The van der Waals surface area contributed by atoms with Crippen molar-refractivity contribution in [2.24, 2.45) is 11.7 Å². The van der Waals surface area contributed by atoms with Gasteiger partial charge in [-0.1, -0.05) is 6.07 Å². The second-order valence-corrected chi connectivity index (χ2v) is 4.54. The Morgan fingerprint density at radius 3 is 2.94 bits per heavy atom. The summed E-state index contributed by atoms with van der Waals surface area (Å²) in [6.07, 6.45) is 3.58. The number of nitrogens with two attached hydrogens (primary N) is 1. The molecule has 1 fully saturated rings. The number of hydrogen-bond acceptors (Lipinski definition) is 3. The molecule has 1 aliphatic rings. The molecular formula is C13H20N2O. The van der Waals surface area contributed by atoms with E-state index in [1.165, 1.54) is 12.8 Å². The molecule has 0 aromatic heterocycles. The van der Waals surface area contributed by atoms with E-state index in [1.807, 2.05) is 12.1 Å². The van der Waals surface area contributed by atoms with Crippen molar-refractivity contribution < 1.29 is 5.11 Å². The molecule has 1 aromatic carbocycles. The average Bonchev–Trinajstić information content (AvgIpc) is 2.54. The Balaban J connectivity index is 2.04. The van der Waals surface area contributed by atoms with Crippen LogP contribution in [0.5, 0.6) is 5.75 Å². The van der Waals surface area contributed by atoms with Crippen molar-refractivity contribution in [3.63, 3.8) is 0 Å². The Labute approximate surface area is 96.9 Å². The van der Waals surface area contributed by atoms with Crippen molar-refractivity contribution in [1.82, 2.24) is 0 Å². The molecule has 0 spiro atoms. The van der Waals surface area contributed by atoms with Gasteiger partial charge in [0.15, 0.2) is 0 Å². The molecule has 0 radical (unpaired) electrons. The van der Waals surface area contributed by atoms with Gasteiger partial charge in [0.1, 0.15) is 5.75 Å². The molecule has 1 unspecified atom stereocenters. The largest absolute Gasteiger partial charge is 0.508 e. The van der Waals surface area contributed by atoms with Gasteiger partial charge in [0.2, 0.25) is 0 Å². The molecule has 1 aromatic rings. The number of anilines is 1. The van der Waals surface area contributed by atoms with Crippen LogP contribution in [-0.2, 0) is 0 Å². The normalized spacial score (nSPS) is 21.8. The quantitative estimate of drug-likeness (QED) is 0.801. The zero-order valence-electron chi connectivity index (χ0n) is 9.60. The fourth-order valence-electron chi connectivity index (χ4n) is 2.35. The Morgan fingerprint density at radius 2 is 2.19 bits per heavy atom. The minimum absolute atomic E-state index is 0.345. The summed E-state index contributed by atoms with van der Waals surface area (Å²) in [5.41, 5.74) is 6.85. The minimum Gasteiger partial charge on any atom is -0.508 e. The van der Waals surface area contributed by atoms with E-state index in [4.69, 9.17) is 5.73 Å². The fraction of sp³-hybridized carbons (Fsp3) is 0.538. The molecule has 1 heterocycles. The average molecular weight is 220 g/mol. The highest BCUT2D eigenvalue weighted by Gasteiger charge is 2.16. The number of hydrogen-bond donors (Lipinski definition) is 2.